The number of carbonyl (C=O) groups is 1. The van der Waals surface area contributed by atoms with Crippen LogP contribution in [0.15, 0.2) is 40.2 Å². The number of primary amides is 1. The lowest BCUT2D eigenvalue weighted by molar-refractivity contribution is -0.119. The van der Waals surface area contributed by atoms with Gasteiger partial charge in [-0.15, -0.1) is 0 Å². The molecule has 6 nitrogen and oxygen atoms in total. The van der Waals surface area contributed by atoms with E-state index in [2.05, 4.69) is 15.2 Å². The molecular weight excluding hydrogens is 324 g/mol. The molecule has 2 atom stereocenters. The van der Waals surface area contributed by atoms with E-state index in [0.29, 0.717) is 18.7 Å². The Kier molecular flexibility index (Phi) is 7.24. The van der Waals surface area contributed by atoms with E-state index in [1.807, 2.05) is 30.3 Å². The van der Waals surface area contributed by atoms with Crippen molar-refractivity contribution in [1.82, 2.24) is 10.2 Å². The van der Waals surface area contributed by atoms with E-state index in [1.165, 1.54) is 0 Å². The number of nitrogens with two attached hydrogens (primary N) is 1. The third kappa shape index (κ3) is 5.63. The Morgan fingerprint density at radius 3 is 2.83 bits per heavy atom. The highest BCUT2D eigenvalue weighted by Crippen LogP contribution is 2.19. The van der Waals surface area contributed by atoms with Crippen LogP contribution in [0.1, 0.15) is 19.3 Å². The Morgan fingerprint density at radius 1 is 1.42 bits per heavy atom. The standard InChI is InChI=1S/C17H26N4O2S/c1-19-17(21-10-5-6-14(13-21)12-16(18)22)20-9-11-24(23)15-7-3-2-4-8-15/h2-4,7-8,14H,5-6,9-13H2,1H3,(H2,18,22)(H,19,20). The maximum atomic E-state index is 12.2. The molecule has 0 saturated carbocycles. The molecule has 1 saturated heterocycles. The van der Waals surface area contributed by atoms with Gasteiger partial charge in [0, 0.05) is 43.8 Å². The van der Waals surface area contributed by atoms with Gasteiger partial charge >= 0.3 is 0 Å². The van der Waals surface area contributed by atoms with Crippen LogP contribution in [0, 0.1) is 5.92 Å². The van der Waals surface area contributed by atoms with E-state index in [9.17, 15) is 9.00 Å². The number of hydrogen-bond acceptors (Lipinski definition) is 3. The maximum absolute atomic E-state index is 12.2. The van der Waals surface area contributed by atoms with Crippen molar-refractivity contribution in [2.45, 2.75) is 24.2 Å². The average molecular weight is 350 g/mol. The molecule has 1 heterocycles. The van der Waals surface area contributed by atoms with E-state index >= 15 is 0 Å². The second-order valence-electron chi connectivity index (χ2n) is 5.96. The maximum Gasteiger partial charge on any atom is 0.217 e. The van der Waals surface area contributed by atoms with Crippen molar-refractivity contribution in [3.05, 3.63) is 30.3 Å². The van der Waals surface area contributed by atoms with Crippen LogP contribution in [0.3, 0.4) is 0 Å². The number of aliphatic imine (C=N–C) groups is 1. The van der Waals surface area contributed by atoms with Crippen LogP contribution in [0.2, 0.25) is 0 Å². The number of likely N-dealkylation sites (tertiary alicyclic amines) is 1. The molecule has 1 fully saturated rings. The molecule has 132 valence electrons. The molecule has 0 bridgehead atoms. The third-order valence-electron chi connectivity index (χ3n) is 4.10. The van der Waals surface area contributed by atoms with E-state index < -0.39 is 10.8 Å². The molecule has 0 spiro atoms. The Bertz CT molecular complexity index is 592. The molecule has 24 heavy (non-hydrogen) atoms. The van der Waals surface area contributed by atoms with Gasteiger partial charge < -0.3 is 16.0 Å². The smallest absolute Gasteiger partial charge is 0.217 e. The van der Waals surface area contributed by atoms with Gasteiger partial charge in [-0.2, -0.15) is 0 Å². The van der Waals surface area contributed by atoms with Gasteiger partial charge in [-0.1, -0.05) is 18.2 Å². The van der Waals surface area contributed by atoms with Gasteiger partial charge in [0.2, 0.25) is 5.91 Å². The topological polar surface area (TPSA) is 87.8 Å². The average Bonchev–Trinajstić information content (AvgIpc) is 2.59. The van der Waals surface area contributed by atoms with Gasteiger partial charge in [0.05, 0.1) is 10.8 Å². The summed E-state index contributed by atoms with van der Waals surface area (Å²) in [6.45, 7) is 2.28. The molecule has 0 aliphatic carbocycles. The summed E-state index contributed by atoms with van der Waals surface area (Å²) in [7, 11) is 0.725. The number of nitrogens with one attached hydrogen (secondary N) is 1. The number of benzene rings is 1. The molecule has 0 radical (unpaired) electrons. The number of amides is 1. The number of piperidine rings is 1. The second kappa shape index (κ2) is 9.42. The largest absolute Gasteiger partial charge is 0.370 e. The van der Waals surface area contributed by atoms with Crippen LogP contribution >= 0.6 is 0 Å². The van der Waals surface area contributed by atoms with Gasteiger partial charge in [0.1, 0.15) is 0 Å². The van der Waals surface area contributed by atoms with Gasteiger partial charge in [-0.25, -0.2) is 0 Å². The van der Waals surface area contributed by atoms with Crippen LogP contribution in [-0.2, 0) is 15.6 Å². The predicted octanol–water partition coefficient (Wildman–Crippen LogP) is 0.957. The minimum atomic E-state index is -1.02. The zero-order chi connectivity index (χ0) is 17.4. The van der Waals surface area contributed by atoms with Crippen molar-refractivity contribution in [2.75, 3.05) is 32.4 Å². The van der Waals surface area contributed by atoms with E-state index in [0.717, 1.165) is 36.8 Å². The first-order valence-electron chi connectivity index (χ1n) is 8.27. The quantitative estimate of drug-likeness (QED) is 0.591. The van der Waals surface area contributed by atoms with Crippen molar-refractivity contribution in [3.63, 3.8) is 0 Å². The number of carbonyl (C=O) groups excluding carboxylic acids is 1. The molecule has 1 amide bonds. The number of nitrogens with zero attached hydrogens (tertiary/aromatic N) is 2. The molecule has 2 rings (SSSR count). The molecule has 1 aromatic carbocycles. The van der Waals surface area contributed by atoms with E-state index in [1.54, 1.807) is 7.05 Å². The van der Waals surface area contributed by atoms with Gasteiger partial charge in [-0.3, -0.25) is 14.0 Å². The zero-order valence-electron chi connectivity index (χ0n) is 14.1. The highest BCUT2D eigenvalue weighted by Gasteiger charge is 2.23. The van der Waals surface area contributed by atoms with Gasteiger partial charge in [0.15, 0.2) is 5.96 Å². The predicted molar refractivity (Wildman–Crippen MR) is 97.2 cm³/mol. The van der Waals surface area contributed by atoms with Crippen molar-refractivity contribution in [2.24, 2.45) is 16.6 Å². The zero-order valence-corrected chi connectivity index (χ0v) is 14.9. The molecule has 0 aromatic heterocycles. The van der Waals surface area contributed by atoms with E-state index in [-0.39, 0.29) is 11.8 Å². The first kappa shape index (κ1) is 18.4. The molecule has 1 aliphatic rings. The van der Waals surface area contributed by atoms with Crippen LogP contribution in [-0.4, -0.2) is 53.4 Å². The molecule has 7 heteroatoms. The minimum Gasteiger partial charge on any atom is -0.370 e. The first-order valence-corrected chi connectivity index (χ1v) is 9.59. The number of guanidine groups is 1. The Balaban J connectivity index is 1.81. The van der Waals surface area contributed by atoms with Crippen LogP contribution in [0.25, 0.3) is 0 Å². The molecule has 3 N–H and O–H groups in total. The van der Waals surface area contributed by atoms with Crippen molar-refractivity contribution >= 4 is 22.7 Å². The normalized spacial score (nSPS) is 19.8. The van der Waals surface area contributed by atoms with Crippen LogP contribution in [0.5, 0.6) is 0 Å². The summed E-state index contributed by atoms with van der Waals surface area (Å²) >= 11 is 0. The Morgan fingerprint density at radius 2 is 2.17 bits per heavy atom. The minimum absolute atomic E-state index is 0.247. The fraction of sp³-hybridized carbons (Fsp3) is 0.529. The third-order valence-corrected chi connectivity index (χ3v) is 5.47. The van der Waals surface area contributed by atoms with Crippen LogP contribution < -0.4 is 11.1 Å². The lowest BCUT2D eigenvalue weighted by Gasteiger charge is -2.34. The molecule has 1 aliphatic heterocycles. The highest BCUT2D eigenvalue weighted by molar-refractivity contribution is 7.85. The summed E-state index contributed by atoms with van der Waals surface area (Å²) in [5, 5.41) is 3.28. The van der Waals surface area contributed by atoms with Gasteiger partial charge in [-0.05, 0) is 30.9 Å². The summed E-state index contributed by atoms with van der Waals surface area (Å²) in [4.78, 5) is 18.4. The monoisotopic (exact) mass is 350 g/mol. The summed E-state index contributed by atoms with van der Waals surface area (Å²) in [6.07, 6.45) is 2.47. The molecule has 2 unspecified atom stereocenters. The Hall–Kier alpha value is -1.89. The number of hydrogen-bond donors (Lipinski definition) is 2. The fourth-order valence-corrected chi connectivity index (χ4v) is 3.97. The van der Waals surface area contributed by atoms with E-state index in [4.69, 9.17) is 5.73 Å². The lowest BCUT2D eigenvalue weighted by Crippen LogP contribution is -2.47. The van der Waals surface area contributed by atoms with Crippen molar-refractivity contribution in [1.29, 1.82) is 0 Å². The second-order valence-corrected chi connectivity index (χ2v) is 7.53. The highest BCUT2D eigenvalue weighted by atomic mass is 32.2. The summed E-state index contributed by atoms with van der Waals surface area (Å²) < 4.78 is 12.2. The SMILES string of the molecule is CN=C(NCCS(=O)c1ccccc1)N1CCCC(CC(N)=O)C1. The van der Waals surface area contributed by atoms with Gasteiger partial charge in [0.25, 0.3) is 0 Å². The lowest BCUT2D eigenvalue weighted by atomic mass is 9.95. The van der Waals surface area contributed by atoms with Crippen molar-refractivity contribution in [3.8, 4) is 0 Å². The van der Waals surface area contributed by atoms with Crippen molar-refractivity contribution < 1.29 is 9.00 Å². The molecular formula is C17H26N4O2S. The first-order chi connectivity index (χ1) is 11.6. The number of rotatable bonds is 6. The Labute approximate surface area is 146 Å². The van der Waals surface area contributed by atoms with Crippen LogP contribution in [0.4, 0.5) is 0 Å². The summed E-state index contributed by atoms with van der Waals surface area (Å²) in [5.74, 6) is 1.37. The summed E-state index contributed by atoms with van der Waals surface area (Å²) in [5.41, 5.74) is 5.31. The summed E-state index contributed by atoms with van der Waals surface area (Å²) in [6, 6.07) is 9.46. The fourth-order valence-electron chi connectivity index (χ4n) is 2.99. The molecule has 1 aromatic rings.